The third-order valence-electron chi connectivity index (χ3n) is 1.57. The van der Waals surface area contributed by atoms with E-state index in [-0.39, 0.29) is 16.4 Å². The molecular weight excluding hydrogens is 216 g/mol. The Balaban J connectivity index is 3.26. The van der Waals surface area contributed by atoms with Gasteiger partial charge in [0.1, 0.15) is 10.7 Å². The van der Waals surface area contributed by atoms with Gasteiger partial charge in [0.15, 0.2) is 5.75 Å². The second kappa shape index (κ2) is 4.70. The molecule has 80 valence electrons. The zero-order valence-corrected chi connectivity index (χ0v) is 9.13. The molecule has 0 saturated carbocycles. The van der Waals surface area contributed by atoms with E-state index in [1.807, 2.05) is 0 Å². The highest BCUT2D eigenvalue weighted by Crippen LogP contribution is 2.29. The molecule has 0 aliphatic rings. The molecule has 2 N–H and O–H groups in total. The molecule has 0 aliphatic carbocycles. The van der Waals surface area contributed by atoms with Crippen molar-refractivity contribution in [2.75, 3.05) is 7.11 Å². The maximum atomic E-state index is 10.9. The van der Waals surface area contributed by atoms with Gasteiger partial charge in [-0.3, -0.25) is 4.79 Å². The van der Waals surface area contributed by atoms with E-state index < -0.39 is 5.97 Å². The van der Waals surface area contributed by atoms with E-state index in [2.05, 4.69) is 4.98 Å². The average molecular weight is 226 g/mol. The minimum atomic E-state index is -0.487. The van der Waals surface area contributed by atoms with Gasteiger partial charge in [-0.25, -0.2) is 4.98 Å². The molecule has 1 rings (SSSR count). The normalized spacial score (nSPS) is 9.47. The van der Waals surface area contributed by atoms with Crippen LogP contribution in [0.2, 0.25) is 0 Å². The van der Waals surface area contributed by atoms with Crippen molar-refractivity contribution in [3.63, 3.8) is 0 Å². The van der Waals surface area contributed by atoms with Crippen LogP contribution >= 0.6 is 12.2 Å². The van der Waals surface area contributed by atoms with Crippen LogP contribution in [0.5, 0.6) is 11.5 Å². The van der Waals surface area contributed by atoms with E-state index in [1.165, 1.54) is 20.2 Å². The number of pyridine rings is 1. The van der Waals surface area contributed by atoms with Gasteiger partial charge in [0, 0.05) is 19.2 Å². The number of hydrogen-bond donors (Lipinski definition) is 1. The zero-order valence-electron chi connectivity index (χ0n) is 8.31. The van der Waals surface area contributed by atoms with E-state index >= 15 is 0 Å². The van der Waals surface area contributed by atoms with Crippen molar-refractivity contribution in [3.05, 3.63) is 18.0 Å². The number of carbonyl (C=O) groups excluding carboxylic acids is 1. The molecule has 0 aromatic carbocycles. The molecule has 0 radical (unpaired) electrons. The molecular formula is C9H10N2O3S. The Morgan fingerprint density at radius 3 is 2.73 bits per heavy atom. The highest BCUT2D eigenvalue weighted by Gasteiger charge is 2.15. The number of thiocarbonyl (C=S) groups is 1. The molecule has 0 amide bonds. The Kier molecular flexibility index (Phi) is 3.56. The summed E-state index contributed by atoms with van der Waals surface area (Å²) in [7, 11) is 1.45. The third kappa shape index (κ3) is 2.63. The smallest absolute Gasteiger partial charge is 0.308 e. The molecule has 0 unspecified atom stereocenters. The first-order chi connectivity index (χ1) is 7.06. The maximum absolute atomic E-state index is 10.9. The average Bonchev–Trinajstić information content (AvgIpc) is 2.16. The molecule has 0 bridgehead atoms. The summed E-state index contributed by atoms with van der Waals surface area (Å²) in [5, 5.41) is 0. The van der Waals surface area contributed by atoms with Crippen LogP contribution in [0.4, 0.5) is 0 Å². The van der Waals surface area contributed by atoms with Gasteiger partial charge in [-0.05, 0) is 0 Å². The van der Waals surface area contributed by atoms with Crippen molar-refractivity contribution in [3.8, 4) is 11.5 Å². The highest BCUT2D eigenvalue weighted by molar-refractivity contribution is 7.80. The lowest BCUT2D eigenvalue weighted by atomic mass is 10.3. The van der Waals surface area contributed by atoms with Crippen LogP contribution in [-0.4, -0.2) is 23.1 Å². The van der Waals surface area contributed by atoms with Gasteiger partial charge in [0.25, 0.3) is 0 Å². The van der Waals surface area contributed by atoms with Gasteiger partial charge >= 0.3 is 5.97 Å². The Labute approximate surface area is 92.2 Å². The Bertz CT molecular complexity index is 406. The fourth-order valence-electron chi connectivity index (χ4n) is 1.01. The summed E-state index contributed by atoms with van der Waals surface area (Å²) >= 11 is 4.78. The summed E-state index contributed by atoms with van der Waals surface area (Å²) in [5.74, 6) is 0.0294. The summed E-state index contributed by atoms with van der Waals surface area (Å²) in [4.78, 5) is 14.8. The van der Waals surface area contributed by atoms with E-state index in [0.717, 1.165) is 0 Å². The molecule has 0 saturated heterocycles. The topological polar surface area (TPSA) is 74.4 Å². The lowest BCUT2D eigenvalue weighted by Gasteiger charge is -2.10. The van der Waals surface area contributed by atoms with Crippen LogP contribution in [0.25, 0.3) is 0 Å². The molecule has 1 heterocycles. The highest BCUT2D eigenvalue weighted by atomic mass is 32.1. The van der Waals surface area contributed by atoms with Crippen LogP contribution in [0.15, 0.2) is 12.3 Å². The van der Waals surface area contributed by atoms with Gasteiger partial charge in [0.2, 0.25) is 5.75 Å². The summed E-state index contributed by atoms with van der Waals surface area (Å²) in [6.07, 6.45) is 1.47. The van der Waals surface area contributed by atoms with Gasteiger partial charge in [0.05, 0.1) is 7.11 Å². The monoisotopic (exact) mass is 226 g/mol. The van der Waals surface area contributed by atoms with Crippen molar-refractivity contribution in [2.24, 2.45) is 5.73 Å². The largest absolute Gasteiger partial charge is 0.493 e. The van der Waals surface area contributed by atoms with Gasteiger partial charge in [-0.15, -0.1) is 0 Å². The van der Waals surface area contributed by atoms with Crippen molar-refractivity contribution in [2.45, 2.75) is 6.92 Å². The number of esters is 1. The molecule has 5 nitrogen and oxygen atoms in total. The fourth-order valence-corrected chi connectivity index (χ4v) is 1.15. The van der Waals surface area contributed by atoms with Gasteiger partial charge in [-0.2, -0.15) is 0 Å². The van der Waals surface area contributed by atoms with E-state index in [9.17, 15) is 4.79 Å². The Morgan fingerprint density at radius 1 is 1.60 bits per heavy atom. The predicted octanol–water partition coefficient (Wildman–Crippen LogP) is 0.650. The lowest BCUT2D eigenvalue weighted by Crippen LogP contribution is -2.15. The second-order valence-corrected chi connectivity index (χ2v) is 3.09. The summed E-state index contributed by atoms with van der Waals surface area (Å²) in [6.45, 7) is 1.27. The van der Waals surface area contributed by atoms with Crippen LogP contribution in [0.3, 0.4) is 0 Å². The quantitative estimate of drug-likeness (QED) is 0.602. The summed E-state index contributed by atoms with van der Waals surface area (Å²) in [6, 6.07) is 1.56. The Morgan fingerprint density at radius 2 is 2.27 bits per heavy atom. The van der Waals surface area contributed by atoms with Crippen molar-refractivity contribution in [1.82, 2.24) is 4.98 Å². The first-order valence-electron chi connectivity index (χ1n) is 4.07. The molecule has 6 heteroatoms. The minimum absolute atomic E-state index is 0.0464. The number of carbonyl (C=O) groups is 1. The van der Waals surface area contributed by atoms with Crippen LogP contribution in [0.1, 0.15) is 12.6 Å². The predicted molar refractivity (Wildman–Crippen MR) is 58.0 cm³/mol. The molecule has 0 fully saturated rings. The minimum Gasteiger partial charge on any atom is -0.493 e. The number of ether oxygens (including phenoxy) is 2. The van der Waals surface area contributed by atoms with Crippen LogP contribution in [-0.2, 0) is 4.79 Å². The van der Waals surface area contributed by atoms with Gasteiger partial charge < -0.3 is 15.2 Å². The Hall–Kier alpha value is -1.69. The molecule has 1 aromatic heterocycles. The first kappa shape index (κ1) is 11.4. The van der Waals surface area contributed by atoms with Crippen molar-refractivity contribution < 1.29 is 14.3 Å². The number of nitrogens with zero attached hydrogens (tertiary/aromatic N) is 1. The van der Waals surface area contributed by atoms with E-state index in [0.29, 0.717) is 5.75 Å². The molecule has 0 spiro atoms. The zero-order chi connectivity index (χ0) is 11.4. The molecule has 15 heavy (non-hydrogen) atoms. The summed E-state index contributed by atoms with van der Waals surface area (Å²) < 4.78 is 9.94. The van der Waals surface area contributed by atoms with Crippen molar-refractivity contribution in [1.29, 1.82) is 0 Å². The van der Waals surface area contributed by atoms with Crippen LogP contribution in [0, 0.1) is 0 Å². The lowest BCUT2D eigenvalue weighted by molar-refractivity contribution is -0.132. The number of methoxy groups -OCH3 is 1. The SMILES string of the molecule is COc1ccnc(C(N)=S)c1OC(C)=O. The summed E-state index contributed by atoms with van der Waals surface area (Å²) in [5.41, 5.74) is 5.67. The number of rotatable bonds is 3. The first-order valence-corrected chi connectivity index (χ1v) is 4.48. The standard InChI is InChI=1S/C9H10N2O3S/c1-5(12)14-8-6(13-2)3-4-11-7(8)9(10)15/h3-4H,1-2H3,(H2,10,15). The van der Waals surface area contributed by atoms with Gasteiger partial charge in [-0.1, -0.05) is 12.2 Å². The fraction of sp³-hybridized carbons (Fsp3) is 0.222. The second-order valence-electron chi connectivity index (χ2n) is 2.65. The molecule has 0 atom stereocenters. The number of nitrogens with two attached hydrogens (primary N) is 1. The number of hydrogen-bond acceptors (Lipinski definition) is 5. The maximum Gasteiger partial charge on any atom is 0.308 e. The molecule has 1 aromatic rings. The van der Waals surface area contributed by atoms with E-state index in [4.69, 9.17) is 27.4 Å². The van der Waals surface area contributed by atoms with Crippen LogP contribution < -0.4 is 15.2 Å². The molecule has 0 aliphatic heterocycles. The van der Waals surface area contributed by atoms with Crippen molar-refractivity contribution >= 4 is 23.2 Å². The third-order valence-corrected chi connectivity index (χ3v) is 1.76. The van der Waals surface area contributed by atoms with E-state index in [1.54, 1.807) is 6.07 Å². The number of aromatic nitrogens is 1.